The summed E-state index contributed by atoms with van der Waals surface area (Å²) in [5, 5.41) is 20.8. The Morgan fingerprint density at radius 2 is 0.411 bits per heavy atom. The van der Waals surface area contributed by atoms with Gasteiger partial charge in [-0.15, -0.1) is 0 Å². The molecule has 5 atom stereocenters. The smallest absolute Gasteiger partial charge is 0.463 e. The lowest BCUT2D eigenvalue weighted by molar-refractivity contribution is -0.161. The van der Waals surface area contributed by atoms with E-state index in [2.05, 4.69) is 215 Å². The molecule has 18 heteroatoms. The highest BCUT2D eigenvalue weighted by atomic mass is 31.2. The first-order valence-corrected chi connectivity index (χ1v) is 54.7. The number of esters is 3. The second-order valence-corrected chi connectivity index (χ2v) is 37.1. The van der Waals surface area contributed by atoms with Crippen LogP contribution < -0.4 is 0 Å². The lowest BCUT2D eigenvalue weighted by Crippen LogP contribution is -2.30. The van der Waals surface area contributed by atoms with Crippen LogP contribution in [0.15, 0.2) is 194 Å². The van der Waals surface area contributed by atoms with Crippen molar-refractivity contribution in [3.63, 3.8) is 0 Å². The maximum absolute atomic E-state index is 13.1. The molecule has 0 fully saturated rings. The molecule has 0 aliphatic rings. The molecule has 129 heavy (non-hydrogen) atoms. The molecule has 0 rings (SSSR count). The van der Waals surface area contributed by atoms with Crippen LogP contribution in [0.1, 0.15) is 432 Å². The van der Waals surface area contributed by atoms with Gasteiger partial charge in [0, 0.05) is 19.3 Å². The summed E-state index contributed by atoms with van der Waals surface area (Å²) in [7, 11) is -9.83. The SMILES string of the molecule is CC/C=C\C/C=C\C/C=C\C/C=C\C/C=C\C/C=C\CCCCCCCCCCCCCCC(=O)OCC(COP(=O)(O)OCC(O)COP(=O)(O)OCC(O)COC(=O)CCCCCCCCCCCCCCCCCCCCC/C=C\C/C=C\C/C=C\C/C=C\CCCCC)OC(=O)CCCCCCCCCC/C=C\C/C=C\C/C=C\C/C=C\C/C=C\C/C=C\CC. The fourth-order valence-electron chi connectivity index (χ4n) is 14.0. The van der Waals surface area contributed by atoms with E-state index in [1.165, 1.54) is 180 Å². The topological polar surface area (TPSA) is 231 Å². The number of carbonyl (C=O) groups is 3. The van der Waals surface area contributed by atoms with Gasteiger partial charge in [-0.3, -0.25) is 32.5 Å². The minimum absolute atomic E-state index is 0.0882. The van der Waals surface area contributed by atoms with Gasteiger partial charge in [-0.25, -0.2) is 9.13 Å². The zero-order valence-electron chi connectivity index (χ0n) is 81.8. The third-order valence-electron chi connectivity index (χ3n) is 21.8. The fraction of sp³-hybridized carbons (Fsp3) is 0.685. The minimum atomic E-state index is -4.95. The summed E-state index contributed by atoms with van der Waals surface area (Å²) in [6, 6.07) is 0. The van der Waals surface area contributed by atoms with Crippen molar-refractivity contribution in [3.8, 4) is 0 Å². The maximum atomic E-state index is 13.1. The van der Waals surface area contributed by atoms with Crippen LogP contribution in [0.5, 0.6) is 0 Å². The number of hydrogen-bond acceptors (Lipinski definition) is 14. The van der Waals surface area contributed by atoms with E-state index in [4.69, 9.17) is 32.3 Å². The summed E-state index contributed by atoms with van der Waals surface area (Å²) in [5.41, 5.74) is 0. The first-order valence-electron chi connectivity index (χ1n) is 51.7. The average Bonchev–Trinajstić information content (AvgIpc) is 0.898. The summed E-state index contributed by atoms with van der Waals surface area (Å²) in [6.45, 7) is 2.48. The minimum Gasteiger partial charge on any atom is -0.463 e. The molecular formula is C111H188O16P2. The summed E-state index contributed by atoms with van der Waals surface area (Å²) in [6.07, 6.45) is 136. The number of aliphatic hydroxyl groups excluding tert-OH is 2. The monoisotopic (exact) mass is 1840 g/mol. The van der Waals surface area contributed by atoms with E-state index < -0.39 is 91.5 Å². The van der Waals surface area contributed by atoms with Gasteiger partial charge in [-0.1, -0.05) is 440 Å². The van der Waals surface area contributed by atoms with Crippen molar-refractivity contribution in [1.29, 1.82) is 0 Å². The Hall–Kier alpha value is -5.61. The highest BCUT2D eigenvalue weighted by Crippen LogP contribution is 2.45. The molecule has 0 saturated carbocycles. The standard InChI is InChI=1S/C111H188O16P2/c1-4-7-10-13-16-19-22-25-28-31-34-37-40-43-46-48-50-51-52-53-55-57-59-61-64-67-70-73-76-79-82-85-88-91-94-97-109(114)121-100-106(112)101-123-128(117,118)124-102-107(113)103-125-129(119,120)126-105-108(127-111(116)99-96-93-90-87-84-81-78-75-72-69-66-63-58-45-42-39-36-33-30-27-24-21-18-15-12-9-6-3)104-122-110(115)98-95-92-89-86-83-80-77-74-71-68-65-62-60-56-54-49-47-44-41-38-35-32-29-26-23-20-17-14-11-8-5-2/h8-9,11-12,16-21,25-30,34-39,43-47,54,56,58,66,69,106-108,112-113H,4-7,10,13-15,22-24,31-33,40-42,48-53,55,57,59-65,67-68,70-105H2,1-3H3,(H,117,118)(H,119,120)/b11-8-,12-9-,19-16-,20-17-,21-18-,28-25-,29-26-,30-27-,37-34-,38-35-,39-36-,46-43-,47-44-,56-54-,58-45-,69-66-. The fourth-order valence-corrected chi connectivity index (χ4v) is 15.6. The average molecular weight is 1840 g/mol. The molecule has 0 heterocycles. The maximum Gasteiger partial charge on any atom is 0.472 e. The van der Waals surface area contributed by atoms with Gasteiger partial charge in [0.25, 0.3) is 0 Å². The zero-order valence-corrected chi connectivity index (χ0v) is 83.6. The Kier molecular flexibility index (Phi) is 97.0. The molecule has 0 amide bonds. The van der Waals surface area contributed by atoms with Crippen molar-refractivity contribution < 1.29 is 75.8 Å². The molecule has 4 N–H and O–H groups in total. The molecular weight excluding hydrogens is 1650 g/mol. The number of hydrogen-bond donors (Lipinski definition) is 4. The molecule has 0 aromatic heterocycles. The summed E-state index contributed by atoms with van der Waals surface area (Å²) < 4.78 is 61.7. The van der Waals surface area contributed by atoms with Crippen LogP contribution in [0.4, 0.5) is 0 Å². The molecule has 5 unspecified atom stereocenters. The lowest BCUT2D eigenvalue weighted by atomic mass is 10.0. The number of rotatable bonds is 97. The van der Waals surface area contributed by atoms with Gasteiger partial charge in [0.1, 0.15) is 25.4 Å². The number of unbranched alkanes of at least 4 members (excludes halogenated alkanes) is 42. The van der Waals surface area contributed by atoms with Gasteiger partial charge in [-0.2, -0.15) is 0 Å². The second-order valence-electron chi connectivity index (χ2n) is 34.2. The molecule has 0 aromatic carbocycles. The summed E-state index contributed by atoms with van der Waals surface area (Å²) in [5.74, 6) is -1.58. The van der Waals surface area contributed by atoms with Gasteiger partial charge in [0.2, 0.25) is 0 Å². The highest BCUT2D eigenvalue weighted by molar-refractivity contribution is 7.47. The third-order valence-corrected chi connectivity index (χ3v) is 23.7. The number of phosphoric ester groups is 2. The van der Waals surface area contributed by atoms with Crippen LogP contribution in [0.25, 0.3) is 0 Å². The first kappa shape index (κ1) is 123. The quantitative estimate of drug-likeness (QED) is 0.0146. The molecule has 0 aromatic rings. The predicted molar refractivity (Wildman–Crippen MR) is 546 cm³/mol. The van der Waals surface area contributed by atoms with Crippen molar-refractivity contribution in [2.24, 2.45) is 0 Å². The van der Waals surface area contributed by atoms with Crippen LogP contribution in [0.2, 0.25) is 0 Å². The van der Waals surface area contributed by atoms with Crippen molar-refractivity contribution in [2.75, 3.05) is 39.6 Å². The van der Waals surface area contributed by atoms with Crippen molar-refractivity contribution >= 4 is 33.6 Å². The Bertz CT molecular complexity index is 3130. The van der Waals surface area contributed by atoms with Gasteiger partial charge in [0.15, 0.2) is 6.10 Å². The van der Waals surface area contributed by atoms with E-state index in [0.717, 1.165) is 193 Å². The van der Waals surface area contributed by atoms with Crippen LogP contribution >= 0.6 is 15.6 Å². The Labute approximate surface area is 788 Å². The van der Waals surface area contributed by atoms with Gasteiger partial charge in [-0.05, 0) is 167 Å². The van der Waals surface area contributed by atoms with E-state index in [9.17, 15) is 43.5 Å². The normalized spacial score (nSPS) is 14.4. The van der Waals surface area contributed by atoms with Crippen molar-refractivity contribution in [3.05, 3.63) is 194 Å². The van der Waals surface area contributed by atoms with Crippen LogP contribution in [0.3, 0.4) is 0 Å². The number of phosphoric acid groups is 2. The van der Waals surface area contributed by atoms with Crippen molar-refractivity contribution in [2.45, 2.75) is 450 Å². The number of ether oxygens (including phenoxy) is 3. The van der Waals surface area contributed by atoms with E-state index in [1.54, 1.807) is 0 Å². The lowest BCUT2D eigenvalue weighted by Gasteiger charge is -2.21. The molecule has 0 aliphatic heterocycles. The number of allylic oxidation sites excluding steroid dienone is 32. The molecule has 16 nitrogen and oxygen atoms in total. The molecule has 0 spiro atoms. The molecule has 0 aliphatic carbocycles. The third kappa shape index (κ3) is 103. The second kappa shape index (κ2) is 101. The zero-order chi connectivity index (χ0) is 93.5. The Balaban J connectivity index is 4.61. The van der Waals surface area contributed by atoms with Crippen LogP contribution in [-0.2, 0) is 55.8 Å². The van der Waals surface area contributed by atoms with Gasteiger partial charge >= 0.3 is 33.6 Å². The van der Waals surface area contributed by atoms with Gasteiger partial charge < -0.3 is 34.2 Å². The largest absolute Gasteiger partial charge is 0.472 e. The summed E-state index contributed by atoms with van der Waals surface area (Å²) >= 11 is 0. The highest BCUT2D eigenvalue weighted by Gasteiger charge is 2.30. The predicted octanol–water partition coefficient (Wildman–Crippen LogP) is 32.9. The van der Waals surface area contributed by atoms with Gasteiger partial charge in [0.05, 0.1) is 26.4 Å². The van der Waals surface area contributed by atoms with Crippen LogP contribution in [0, 0.1) is 0 Å². The van der Waals surface area contributed by atoms with E-state index in [0.29, 0.717) is 19.3 Å². The Morgan fingerprint density at radius 1 is 0.225 bits per heavy atom. The number of carbonyl (C=O) groups excluding carboxylic acids is 3. The van der Waals surface area contributed by atoms with E-state index in [-0.39, 0.29) is 19.3 Å². The molecule has 0 bridgehead atoms. The summed E-state index contributed by atoms with van der Waals surface area (Å²) in [4.78, 5) is 59.2. The Morgan fingerprint density at radius 3 is 0.651 bits per heavy atom. The molecule has 0 radical (unpaired) electrons. The molecule has 738 valence electrons. The van der Waals surface area contributed by atoms with E-state index >= 15 is 0 Å². The van der Waals surface area contributed by atoms with Crippen LogP contribution in [-0.4, -0.2) is 95.9 Å². The first-order chi connectivity index (χ1) is 63.2. The van der Waals surface area contributed by atoms with E-state index in [1.807, 2.05) is 0 Å². The van der Waals surface area contributed by atoms with Crippen molar-refractivity contribution in [1.82, 2.24) is 0 Å². The number of aliphatic hydroxyl groups is 2. The molecule has 0 saturated heterocycles.